The molecule has 0 saturated heterocycles. The first-order chi connectivity index (χ1) is 10.6. The number of carbonyl (C=O) groups excluding carboxylic acids is 1. The number of aliphatic hydroxyl groups excluding tert-OH is 4. The van der Waals surface area contributed by atoms with Crippen molar-refractivity contribution in [3.63, 3.8) is 0 Å². The van der Waals surface area contributed by atoms with Gasteiger partial charge in [0, 0.05) is 22.8 Å². The highest BCUT2D eigenvalue weighted by Gasteiger charge is 2.63. The van der Waals surface area contributed by atoms with Crippen LogP contribution in [-0.4, -0.2) is 69.1 Å². The zero-order valence-corrected chi connectivity index (χ0v) is 13.5. The number of hydrogen-bond donors (Lipinski definition) is 5. The molecule has 2 rings (SSSR count). The van der Waals surface area contributed by atoms with E-state index in [1.807, 2.05) is 0 Å². The molecule has 2 saturated carbocycles. The van der Waals surface area contributed by atoms with Crippen molar-refractivity contribution in [3.05, 3.63) is 12.2 Å². The molecule has 0 unspecified atom stereocenters. The van der Waals surface area contributed by atoms with Gasteiger partial charge in [-0.2, -0.15) is 0 Å². The van der Waals surface area contributed by atoms with Crippen LogP contribution in [0.4, 0.5) is 0 Å². The van der Waals surface area contributed by atoms with E-state index < -0.39 is 53.7 Å². The van der Waals surface area contributed by atoms with E-state index in [9.17, 15) is 30.3 Å². The average molecular weight is 330 g/mol. The van der Waals surface area contributed by atoms with E-state index in [2.05, 4.69) is 11.3 Å². The van der Waals surface area contributed by atoms with Crippen LogP contribution >= 0.6 is 0 Å². The molecular weight excluding hydrogens is 304 g/mol. The molecule has 7 heteroatoms. The van der Waals surface area contributed by atoms with Crippen molar-refractivity contribution in [2.24, 2.45) is 17.3 Å². The lowest BCUT2D eigenvalue weighted by Gasteiger charge is -2.59. The Kier molecular flexibility index (Phi) is 4.90. The van der Waals surface area contributed by atoms with Gasteiger partial charge in [0.25, 0.3) is 0 Å². The van der Waals surface area contributed by atoms with E-state index in [4.69, 9.17) is 0 Å². The van der Waals surface area contributed by atoms with E-state index in [1.165, 1.54) is 7.11 Å². The van der Waals surface area contributed by atoms with Crippen LogP contribution in [-0.2, 0) is 9.53 Å². The number of rotatable bonds is 3. The van der Waals surface area contributed by atoms with E-state index in [1.54, 1.807) is 6.92 Å². The molecule has 2 aliphatic carbocycles. The van der Waals surface area contributed by atoms with Crippen LogP contribution < -0.4 is 0 Å². The van der Waals surface area contributed by atoms with Crippen molar-refractivity contribution in [1.29, 1.82) is 0 Å². The Balaban J connectivity index is 2.44. The molecule has 7 nitrogen and oxygen atoms in total. The highest BCUT2D eigenvalue weighted by molar-refractivity contribution is 5.88. The molecule has 0 spiro atoms. The summed E-state index contributed by atoms with van der Waals surface area (Å²) in [5, 5.41) is 52.0. The second kappa shape index (κ2) is 6.14. The lowest BCUT2D eigenvalue weighted by molar-refractivity contribution is -0.246. The third kappa shape index (κ3) is 2.70. The zero-order valence-electron chi connectivity index (χ0n) is 13.5. The molecule has 0 aromatic rings. The van der Waals surface area contributed by atoms with Gasteiger partial charge in [-0.15, -0.1) is 0 Å². The Bertz CT molecular complexity index is 493. The number of aliphatic hydroxyl groups is 5. The zero-order chi connectivity index (χ0) is 17.6. The molecule has 7 atom stereocenters. The average Bonchev–Trinajstić information content (AvgIpc) is 2.49. The first kappa shape index (κ1) is 18.4. The largest absolute Gasteiger partial charge is 0.466 e. The molecule has 0 amide bonds. The van der Waals surface area contributed by atoms with Gasteiger partial charge in [0.15, 0.2) is 0 Å². The van der Waals surface area contributed by atoms with E-state index in [-0.39, 0.29) is 24.8 Å². The minimum atomic E-state index is -1.60. The minimum Gasteiger partial charge on any atom is -0.466 e. The highest BCUT2D eigenvalue weighted by Crippen LogP contribution is 2.56. The summed E-state index contributed by atoms with van der Waals surface area (Å²) in [6.07, 6.45) is -2.85. The Morgan fingerprint density at radius 2 is 1.96 bits per heavy atom. The number of esters is 1. The first-order valence-electron chi connectivity index (χ1n) is 7.77. The summed E-state index contributed by atoms with van der Waals surface area (Å²) >= 11 is 0. The van der Waals surface area contributed by atoms with Gasteiger partial charge >= 0.3 is 5.97 Å². The van der Waals surface area contributed by atoms with Crippen LogP contribution in [0.25, 0.3) is 0 Å². The Morgan fingerprint density at radius 1 is 1.35 bits per heavy atom. The van der Waals surface area contributed by atoms with Crippen molar-refractivity contribution in [2.45, 2.75) is 50.1 Å². The highest BCUT2D eigenvalue weighted by atomic mass is 16.5. The molecule has 0 heterocycles. The fourth-order valence-electron chi connectivity index (χ4n) is 4.56. The van der Waals surface area contributed by atoms with Gasteiger partial charge < -0.3 is 30.3 Å². The number of hydrogen-bond acceptors (Lipinski definition) is 7. The third-order valence-electron chi connectivity index (χ3n) is 5.80. The van der Waals surface area contributed by atoms with Crippen LogP contribution in [0.15, 0.2) is 12.2 Å². The number of ether oxygens (including phenoxy) is 1. The molecule has 2 fully saturated rings. The van der Waals surface area contributed by atoms with Gasteiger partial charge in [0.05, 0.1) is 37.6 Å². The quantitative estimate of drug-likeness (QED) is 0.330. The normalized spacial score (nSPS) is 46.8. The molecule has 0 aromatic carbocycles. The third-order valence-corrected chi connectivity index (χ3v) is 5.80. The van der Waals surface area contributed by atoms with E-state index >= 15 is 0 Å². The second-order valence-electron chi connectivity index (χ2n) is 7.10. The SMILES string of the molecule is C=C(C(=O)OC)[C@@H]1[C@H](O)[C@@H]2[C@](O)(CO)CC[C@H](O)[C@]2(C)C[C@@H]1O. The number of carbonyl (C=O) groups is 1. The fraction of sp³-hybridized carbons (Fsp3) is 0.812. The summed E-state index contributed by atoms with van der Waals surface area (Å²) in [4.78, 5) is 11.7. The van der Waals surface area contributed by atoms with Gasteiger partial charge in [-0.1, -0.05) is 13.5 Å². The standard InChI is InChI=1S/C16H26O7/c1-8(14(21)23-3)11-9(18)6-15(2)10(19)4-5-16(22,7-17)13(15)12(11)20/h9-13,17-20,22H,1,4-7H2,2-3H3/t9-,10-,11-,12-,13-,15-,16+/m0/s1. The van der Waals surface area contributed by atoms with Crippen LogP contribution in [0.1, 0.15) is 26.2 Å². The summed E-state index contributed by atoms with van der Waals surface area (Å²) in [7, 11) is 1.17. The van der Waals surface area contributed by atoms with Gasteiger partial charge in [0.1, 0.15) is 0 Å². The summed E-state index contributed by atoms with van der Waals surface area (Å²) in [6, 6.07) is 0. The van der Waals surface area contributed by atoms with Crippen LogP contribution in [0.2, 0.25) is 0 Å². The van der Waals surface area contributed by atoms with Crippen molar-refractivity contribution in [3.8, 4) is 0 Å². The lowest BCUT2D eigenvalue weighted by atomic mass is 9.50. The first-order valence-corrected chi connectivity index (χ1v) is 7.77. The maximum Gasteiger partial charge on any atom is 0.333 e. The molecule has 0 aromatic heterocycles. The second-order valence-corrected chi connectivity index (χ2v) is 7.10. The Morgan fingerprint density at radius 3 is 2.48 bits per heavy atom. The maximum absolute atomic E-state index is 11.7. The van der Waals surface area contributed by atoms with Crippen LogP contribution in [0.5, 0.6) is 0 Å². The summed E-state index contributed by atoms with van der Waals surface area (Å²) in [6.45, 7) is 4.70. The number of methoxy groups -OCH3 is 1. The lowest BCUT2D eigenvalue weighted by Crippen LogP contribution is -2.67. The number of fused-ring (bicyclic) bond motifs is 1. The molecular formula is C16H26O7. The molecule has 2 aliphatic rings. The molecule has 0 radical (unpaired) electrons. The van der Waals surface area contributed by atoms with Crippen molar-refractivity contribution >= 4 is 5.97 Å². The molecule has 0 aliphatic heterocycles. The minimum absolute atomic E-state index is 0.0683. The van der Waals surface area contributed by atoms with Crippen LogP contribution in [0, 0.1) is 17.3 Å². The van der Waals surface area contributed by atoms with E-state index in [0.29, 0.717) is 0 Å². The molecule has 0 bridgehead atoms. The molecule has 23 heavy (non-hydrogen) atoms. The summed E-state index contributed by atoms with van der Waals surface area (Å²) in [5.74, 6) is -2.68. The maximum atomic E-state index is 11.7. The smallest absolute Gasteiger partial charge is 0.333 e. The molecule has 5 N–H and O–H groups in total. The monoisotopic (exact) mass is 330 g/mol. The topological polar surface area (TPSA) is 127 Å². The fourth-order valence-corrected chi connectivity index (χ4v) is 4.56. The van der Waals surface area contributed by atoms with Crippen molar-refractivity contribution in [1.82, 2.24) is 0 Å². The molecule has 132 valence electrons. The summed E-state index contributed by atoms with van der Waals surface area (Å²) < 4.78 is 4.60. The van der Waals surface area contributed by atoms with E-state index in [0.717, 1.165) is 0 Å². The Hall–Kier alpha value is -0.990. The van der Waals surface area contributed by atoms with Gasteiger partial charge in [-0.3, -0.25) is 0 Å². The predicted molar refractivity (Wildman–Crippen MR) is 80.2 cm³/mol. The van der Waals surface area contributed by atoms with Crippen molar-refractivity contribution < 1.29 is 35.1 Å². The van der Waals surface area contributed by atoms with Crippen molar-refractivity contribution in [2.75, 3.05) is 13.7 Å². The van der Waals surface area contributed by atoms with Gasteiger partial charge in [-0.25, -0.2) is 4.79 Å². The van der Waals surface area contributed by atoms with Gasteiger partial charge in [-0.05, 0) is 19.3 Å². The predicted octanol–water partition coefficient (Wildman–Crippen LogP) is -1.04. The summed E-state index contributed by atoms with van der Waals surface area (Å²) in [5.41, 5.74) is -2.67. The van der Waals surface area contributed by atoms with Gasteiger partial charge in [0.2, 0.25) is 0 Å². The Labute approximate surface area is 135 Å². The van der Waals surface area contributed by atoms with Crippen LogP contribution in [0.3, 0.4) is 0 Å².